The lowest BCUT2D eigenvalue weighted by atomic mass is 9.99. The van der Waals surface area contributed by atoms with Gasteiger partial charge in [-0.25, -0.2) is 4.79 Å². The number of amides is 1. The number of carboxylic acid groups (broad SMARTS) is 1. The highest BCUT2D eigenvalue weighted by Gasteiger charge is 2.27. The van der Waals surface area contributed by atoms with E-state index in [4.69, 9.17) is 0 Å². The summed E-state index contributed by atoms with van der Waals surface area (Å²) in [5.41, 5.74) is 2.89. The molecule has 0 spiro atoms. The number of aryl methyl sites for hydroxylation is 2. The van der Waals surface area contributed by atoms with Crippen molar-refractivity contribution in [3.05, 3.63) is 33.3 Å². The van der Waals surface area contributed by atoms with Crippen LogP contribution in [0.2, 0.25) is 0 Å². The normalized spacial score (nSPS) is 11.4. The molecule has 3 nitrogen and oxygen atoms in total. The summed E-state index contributed by atoms with van der Waals surface area (Å²) in [6.07, 6.45) is -0.885. The van der Waals surface area contributed by atoms with Crippen LogP contribution >= 0.6 is 15.9 Å². The standard InChI is InChI=1S/C14H20BrNO2/c1-9-6-11(15)7-10(2)12(9)8-16(13(17)18)14(3,4)5/h6-7H,8H2,1-5H3,(H,17,18). The predicted octanol–water partition coefficient (Wildman–Crippen LogP) is 4.34. The summed E-state index contributed by atoms with van der Waals surface area (Å²) < 4.78 is 1.03. The molecule has 1 aromatic carbocycles. The highest BCUT2D eigenvalue weighted by molar-refractivity contribution is 9.10. The molecule has 4 heteroatoms. The molecule has 0 aliphatic heterocycles. The molecule has 100 valence electrons. The minimum absolute atomic E-state index is 0.405. The molecule has 0 aliphatic carbocycles. The van der Waals surface area contributed by atoms with Crippen LogP contribution in [0.25, 0.3) is 0 Å². The molecule has 0 heterocycles. The maximum absolute atomic E-state index is 11.4. The molecule has 0 radical (unpaired) electrons. The van der Waals surface area contributed by atoms with Gasteiger partial charge in [-0.05, 0) is 63.4 Å². The number of benzene rings is 1. The van der Waals surface area contributed by atoms with Gasteiger partial charge in [-0.2, -0.15) is 0 Å². The van der Waals surface area contributed by atoms with E-state index < -0.39 is 11.6 Å². The number of hydrogen-bond acceptors (Lipinski definition) is 1. The molecule has 0 fully saturated rings. The van der Waals surface area contributed by atoms with Gasteiger partial charge in [0.15, 0.2) is 0 Å². The Hall–Kier alpha value is -1.03. The number of rotatable bonds is 2. The van der Waals surface area contributed by atoms with Gasteiger partial charge in [0.1, 0.15) is 0 Å². The lowest BCUT2D eigenvalue weighted by molar-refractivity contribution is 0.0953. The van der Waals surface area contributed by atoms with Crippen LogP contribution in [0.4, 0.5) is 4.79 Å². The van der Waals surface area contributed by atoms with E-state index in [-0.39, 0.29) is 0 Å². The SMILES string of the molecule is Cc1cc(Br)cc(C)c1CN(C(=O)O)C(C)(C)C. The van der Waals surface area contributed by atoms with Gasteiger partial charge >= 0.3 is 6.09 Å². The van der Waals surface area contributed by atoms with Crippen LogP contribution in [0.3, 0.4) is 0 Å². The summed E-state index contributed by atoms with van der Waals surface area (Å²) in [6, 6.07) is 4.04. The molecule has 0 saturated heterocycles. The fourth-order valence-corrected chi connectivity index (χ4v) is 2.63. The Kier molecular flexibility index (Phi) is 4.43. The van der Waals surface area contributed by atoms with Gasteiger partial charge in [0.05, 0.1) is 6.54 Å². The first-order chi connectivity index (χ1) is 8.12. The third kappa shape index (κ3) is 3.48. The second-order valence-electron chi connectivity index (χ2n) is 5.56. The average molecular weight is 314 g/mol. The first-order valence-electron chi connectivity index (χ1n) is 5.89. The lowest BCUT2D eigenvalue weighted by Gasteiger charge is -2.34. The molecule has 1 amide bonds. The summed E-state index contributed by atoms with van der Waals surface area (Å²) in [5, 5.41) is 9.32. The van der Waals surface area contributed by atoms with E-state index in [9.17, 15) is 9.90 Å². The van der Waals surface area contributed by atoms with Crippen molar-refractivity contribution in [1.29, 1.82) is 0 Å². The fraction of sp³-hybridized carbons (Fsp3) is 0.500. The van der Waals surface area contributed by atoms with E-state index in [2.05, 4.69) is 15.9 Å². The van der Waals surface area contributed by atoms with Crippen molar-refractivity contribution in [2.75, 3.05) is 0 Å². The highest BCUT2D eigenvalue weighted by Crippen LogP contribution is 2.25. The molecule has 1 N–H and O–H groups in total. The topological polar surface area (TPSA) is 40.5 Å². The Bertz CT molecular complexity index is 440. The maximum atomic E-state index is 11.4. The lowest BCUT2D eigenvalue weighted by Crippen LogP contribution is -2.44. The molecule has 0 saturated carbocycles. The van der Waals surface area contributed by atoms with Crippen molar-refractivity contribution >= 4 is 22.0 Å². The Balaban J connectivity index is 3.13. The zero-order valence-electron chi connectivity index (χ0n) is 11.5. The van der Waals surface area contributed by atoms with Crippen LogP contribution in [-0.4, -0.2) is 21.6 Å². The second kappa shape index (κ2) is 5.31. The molecule has 18 heavy (non-hydrogen) atoms. The quantitative estimate of drug-likeness (QED) is 0.882. The van der Waals surface area contributed by atoms with Gasteiger partial charge in [-0.15, -0.1) is 0 Å². The smallest absolute Gasteiger partial charge is 0.408 e. The minimum Gasteiger partial charge on any atom is -0.465 e. The fourth-order valence-electron chi connectivity index (χ4n) is 1.94. The van der Waals surface area contributed by atoms with Crippen LogP contribution in [0, 0.1) is 13.8 Å². The molecule has 0 bridgehead atoms. The van der Waals surface area contributed by atoms with E-state index in [1.165, 1.54) is 4.90 Å². The van der Waals surface area contributed by atoms with E-state index in [1.54, 1.807) is 0 Å². The highest BCUT2D eigenvalue weighted by atomic mass is 79.9. The molecular formula is C14H20BrNO2. The predicted molar refractivity (Wildman–Crippen MR) is 76.9 cm³/mol. The monoisotopic (exact) mass is 313 g/mol. The zero-order chi connectivity index (χ0) is 14.1. The van der Waals surface area contributed by atoms with Gasteiger partial charge < -0.3 is 5.11 Å². The Labute approximate surface area is 117 Å². The van der Waals surface area contributed by atoms with Crippen LogP contribution in [0.1, 0.15) is 37.5 Å². The Morgan fingerprint density at radius 3 is 2.06 bits per heavy atom. The van der Waals surface area contributed by atoms with E-state index in [0.29, 0.717) is 6.54 Å². The van der Waals surface area contributed by atoms with Gasteiger partial charge in [0.2, 0.25) is 0 Å². The zero-order valence-corrected chi connectivity index (χ0v) is 13.1. The van der Waals surface area contributed by atoms with Gasteiger partial charge in [-0.3, -0.25) is 4.90 Å². The summed E-state index contributed by atoms with van der Waals surface area (Å²) >= 11 is 3.45. The third-order valence-corrected chi connectivity index (χ3v) is 3.48. The maximum Gasteiger partial charge on any atom is 0.408 e. The van der Waals surface area contributed by atoms with Gasteiger partial charge in [0, 0.05) is 10.0 Å². The third-order valence-electron chi connectivity index (χ3n) is 3.02. The van der Waals surface area contributed by atoms with Crippen molar-refractivity contribution in [2.45, 2.75) is 46.7 Å². The van der Waals surface area contributed by atoms with E-state index in [1.807, 2.05) is 46.8 Å². The minimum atomic E-state index is -0.885. The van der Waals surface area contributed by atoms with Crippen LogP contribution < -0.4 is 0 Å². The molecular weight excluding hydrogens is 294 g/mol. The number of nitrogens with zero attached hydrogens (tertiary/aromatic N) is 1. The summed E-state index contributed by atoms with van der Waals surface area (Å²) in [4.78, 5) is 12.8. The first-order valence-corrected chi connectivity index (χ1v) is 6.68. The van der Waals surface area contributed by atoms with E-state index in [0.717, 1.165) is 21.2 Å². The molecule has 0 atom stereocenters. The van der Waals surface area contributed by atoms with Crippen molar-refractivity contribution in [3.8, 4) is 0 Å². The van der Waals surface area contributed by atoms with Crippen LogP contribution in [-0.2, 0) is 6.54 Å². The van der Waals surface area contributed by atoms with Crippen molar-refractivity contribution < 1.29 is 9.90 Å². The van der Waals surface area contributed by atoms with Crippen LogP contribution in [0.5, 0.6) is 0 Å². The number of halogens is 1. The molecule has 1 rings (SSSR count). The molecule has 0 aromatic heterocycles. The first kappa shape index (κ1) is 15.0. The molecule has 1 aromatic rings. The van der Waals surface area contributed by atoms with Crippen LogP contribution in [0.15, 0.2) is 16.6 Å². The summed E-state index contributed by atoms with van der Waals surface area (Å²) in [6.45, 7) is 10.2. The van der Waals surface area contributed by atoms with Crippen molar-refractivity contribution in [2.24, 2.45) is 0 Å². The molecule has 0 aliphatic rings. The van der Waals surface area contributed by atoms with E-state index >= 15 is 0 Å². The summed E-state index contributed by atoms with van der Waals surface area (Å²) in [5.74, 6) is 0. The Morgan fingerprint density at radius 2 is 1.72 bits per heavy atom. The average Bonchev–Trinajstić information content (AvgIpc) is 2.12. The largest absolute Gasteiger partial charge is 0.465 e. The summed E-state index contributed by atoms with van der Waals surface area (Å²) in [7, 11) is 0. The van der Waals surface area contributed by atoms with Crippen molar-refractivity contribution in [3.63, 3.8) is 0 Å². The second-order valence-corrected chi connectivity index (χ2v) is 6.47. The number of carbonyl (C=O) groups is 1. The number of hydrogen-bond donors (Lipinski definition) is 1. The molecule has 0 unspecified atom stereocenters. The van der Waals surface area contributed by atoms with Gasteiger partial charge in [-0.1, -0.05) is 15.9 Å². The Morgan fingerprint density at radius 1 is 1.28 bits per heavy atom. The van der Waals surface area contributed by atoms with Crippen molar-refractivity contribution in [1.82, 2.24) is 4.90 Å². The van der Waals surface area contributed by atoms with Gasteiger partial charge in [0.25, 0.3) is 0 Å².